The number of halogens is 1. The standard InChI is InChI=1S/C22H23FN4O/c23-20-3-1-2-18(14-20)15-21(28)26-11-6-19(7-12-26)22-25-10-13-27(22)16-17-4-8-24-9-5-17/h1-5,8-10,13-14,19H,6-7,11-12,15-16H2. The number of amides is 1. The molecule has 0 bridgehead atoms. The van der Waals surface area contributed by atoms with Gasteiger partial charge in [0.1, 0.15) is 11.6 Å². The predicted molar refractivity (Wildman–Crippen MR) is 104 cm³/mol. The highest BCUT2D eigenvalue weighted by Gasteiger charge is 2.26. The minimum atomic E-state index is -0.301. The van der Waals surface area contributed by atoms with E-state index in [9.17, 15) is 9.18 Å². The SMILES string of the molecule is O=C(Cc1cccc(F)c1)N1CCC(c2nccn2Cc2ccncc2)CC1. The smallest absolute Gasteiger partial charge is 0.226 e. The number of likely N-dealkylation sites (tertiary alicyclic amines) is 1. The first kappa shape index (κ1) is 18.3. The van der Waals surface area contributed by atoms with Gasteiger partial charge in [-0.15, -0.1) is 0 Å². The van der Waals surface area contributed by atoms with E-state index in [1.54, 1.807) is 24.5 Å². The molecule has 1 amide bonds. The van der Waals surface area contributed by atoms with Crippen molar-refractivity contribution in [1.29, 1.82) is 0 Å². The van der Waals surface area contributed by atoms with Crippen LogP contribution in [-0.2, 0) is 17.8 Å². The van der Waals surface area contributed by atoms with Gasteiger partial charge in [-0.1, -0.05) is 12.1 Å². The molecule has 0 spiro atoms. The topological polar surface area (TPSA) is 51.0 Å². The summed E-state index contributed by atoms with van der Waals surface area (Å²) in [4.78, 5) is 23.1. The van der Waals surface area contributed by atoms with E-state index in [0.29, 0.717) is 19.0 Å². The van der Waals surface area contributed by atoms with Gasteiger partial charge in [-0.05, 0) is 48.2 Å². The summed E-state index contributed by atoms with van der Waals surface area (Å²) in [5, 5.41) is 0. The Hall–Kier alpha value is -3.02. The van der Waals surface area contributed by atoms with Crippen molar-refractivity contribution in [3.05, 3.63) is 84.0 Å². The third kappa shape index (κ3) is 4.27. The lowest BCUT2D eigenvalue weighted by molar-refractivity contribution is -0.131. The van der Waals surface area contributed by atoms with Gasteiger partial charge in [-0.3, -0.25) is 9.78 Å². The molecule has 0 saturated carbocycles. The van der Waals surface area contributed by atoms with Crippen LogP contribution in [0.3, 0.4) is 0 Å². The first-order valence-electron chi connectivity index (χ1n) is 9.61. The van der Waals surface area contributed by atoms with Crippen molar-refractivity contribution in [2.24, 2.45) is 0 Å². The number of benzene rings is 1. The van der Waals surface area contributed by atoms with Crippen molar-refractivity contribution in [3.63, 3.8) is 0 Å². The lowest BCUT2D eigenvalue weighted by Crippen LogP contribution is -2.39. The van der Waals surface area contributed by atoms with Gasteiger partial charge < -0.3 is 9.47 Å². The summed E-state index contributed by atoms with van der Waals surface area (Å²) < 4.78 is 15.5. The van der Waals surface area contributed by atoms with Crippen LogP contribution < -0.4 is 0 Å². The minimum Gasteiger partial charge on any atom is -0.342 e. The van der Waals surface area contributed by atoms with Gasteiger partial charge in [-0.2, -0.15) is 0 Å². The van der Waals surface area contributed by atoms with Crippen molar-refractivity contribution in [2.45, 2.75) is 31.7 Å². The zero-order valence-electron chi connectivity index (χ0n) is 15.7. The fourth-order valence-corrected chi connectivity index (χ4v) is 3.82. The second-order valence-corrected chi connectivity index (χ2v) is 7.23. The zero-order valence-corrected chi connectivity index (χ0v) is 15.7. The number of carbonyl (C=O) groups is 1. The zero-order chi connectivity index (χ0) is 19.3. The molecular weight excluding hydrogens is 355 g/mol. The Bertz CT molecular complexity index is 932. The first-order chi connectivity index (χ1) is 13.7. The molecule has 5 nitrogen and oxygen atoms in total. The van der Waals surface area contributed by atoms with E-state index in [4.69, 9.17) is 0 Å². The summed E-state index contributed by atoms with van der Waals surface area (Å²) in [6.07, 6.45) is 9.49. The van der Waals surface area contributed by atoms with Crippen molar-refractivity contribution in [2.75, 3.05) is 13.1 Å². The van der Waals surface area contributed by atoms with Crippen LogP contribution in [0.4, 0.5) is 4.39 Å². The Morgan fingerprint density at radius 3 is 2.61 bits per heavy atom. The number of nitrogens with zero attached hydrogens (tertiary/aromatic N) is 4. The fourth-order valence-electron chi connectivity index (χ4n) is 3.82. The summed E-state index contributed by atoms with van der Waals surface area (Å²) in [6, 6.07) is 10.3. The average Bonchev–Trinajstić information content (AvgIpc) is 3.17. The lowest BCUT2D eigenvalue weighted by atomic mass is 9.95. The number of hydrogen-bond donors (Lipinski definition) is 0. The summed E-state index contributed by atoms with van der Waals surface area (Å²) in [6.45, 7) is 2.19. The van der Waals surface area contributed by atoms with E-state index in [1.165, 1.54) is 17.7 Å². The van der Waals surface area contributed by atoms with Crippen LogP contribution in [-0.4, -0.2) is 38.4 Å². The number of rotatable bonds is 5. The molecule has 0 N–H and O–H groups in total. The molecule has 28 heavy (non-hydrogen) atoms. The second-order valence-electron chi connectivity index (χ2n) is 7.23. The van der Waals surface area contributed by atoms with E-state index in [-0.39, 0.29) is 18.1 Å². The molecule has 1 fully saturated rings. The molecule has 1 aliphatic rings. The third-order valence-corrected chi connectivity index (χ3v) is 5.31. The van der Waals surface area contributed by atoms with E-state index in [1.807, 2.05) is 29.4 Å². The fraction of sp³-hybridized carbons (Fsp3) is 0.318. The number of piperidine rings is 1. The van der Waals surface area contributed by atoms with E-state index < -0.39 is 0 Å². The maximum atomic E-state index is 13.3. The molecule has 1 aliphatic heterocycles. The third-order valence-electron chi connectivity index (χ3n) is 5.31. The molecule has 144 valence electrons. The number of aromatic nitrogens is 3. The maximum absolute atomic E-state index is 13.3. The van der Waals surface area contributed by atoms with Gasteiger partial charge in [0.2, 0.25) is 5.91 Å². The molecule has 3 heterocycles. The van der Waals surface area contributed by atoms with Gasteiger partial charge in [0, 0.05) is 50.3 Å². The van der Waals surface area contributed by atoms with E-state index >= 15 is 0 Å². The maximum Gasteiger partial charge on any atom is 0.226 e. The van der Waals surface area contributed by atoms with Crippen LogP contribution >= 0.6 is 0 Å². The molecule has 0 atom stereocenters. The highest BCUT2D eigenvalue weighted by molar-refractivity contribution is 5.78. The molecule has 2 aromatic heterocycles. The van der Waals surface area contributed by atoms with Gasteiger partial charge in [0.15, 0.2) is 0 Å². The van der Waals surface area contributed by atoms with E-state index in [2.05, 4.69) is 14.5 Å². The van der Waals surface area contributed by atoms with Gasteiger partial charge in [0.25, 0.3) is 0 Å². The molecule has 1 saturated heterocycles. The highest BCUT2D eigenvalue weighted by Crippen LogP contribution is 2.27. The van der Waals surface area contributed by atoms with Crippen molar-refractivity contribution < 1.29 is 9.18 Å². The van der Waals surface area contributed by atoms with Crippen molar-refractivity contribution in [3.8, 4) is 0 Å². The molecule has 0 aliphatic carbocycles. The average molecular weight is 378 g/mol. The molecule has 0 radical (unpaired) electrons. The molecule has 3 aromatic rings. The first-order valence-corrected chi connectivity index (χ1v) is 9.61. The Kier molecular flexibility index (Phi) is 5.46. The Morgan fingerprint density at radius 2 is 1.86 bits per heavy atom. The summed E-state index contributed by atoms with van der Waals surface area (Å²) >= 11 is 0. The molecule has 4 rings (SSSR count). The largest absolute Gasteiger partial charge is 0.342 e. The summed E-state index contributed by atoms with van der Waals surface area (Å²) in [5.41, 5.74) is 1.91. The number of pyridine rings is 1. The van der Waals surface area contributed by atoms with Gasteiger partial charge in [0.05, 0.1) is 6.42 Å². The highest BCUT2D eigenvalue weighted by atomic mass is 19.1. The second kappa shape index (κ2) is 8.33. The van der Waals surface area contributed by atoms with Crippen molar-refractivity contribution in [1.82, 2.24) is 19.4 Å². The van der Waals surface area contributed by atoms with Crippen LogP contribution in [0.1, 0.15) is 35.7 Å². The van der Waals surface area contributed by atoms with Crippen LogP contribution in [0, 0.1) is 5.82 Å². The Labute approximate surface area is 163 Å². The lowest BCUT2D eigenvalue weighted by Gasteiger charge is -2.32. The molecule has 1 aromatic carbocycles. The van der Waals surface area contributed by atoms with Crippen LogP contribution in [0.5, 0.6) is 0 Å². The van der Waals surface area contributed by atoms with Crippen LogP contribution in [0.2, 0.25) is 0 Å². The molecular formula is C22H23FN4O. The number of carbonyl (C=O) groups excluding carboxylic acids is 1. The predicted octanol–water partition coefficient (Wildman–Crippen LogP) is 3.41. The Balaban J connectivity index is 1.36. The summed E-state index contributed by atoms with van der Waals surface area (Å²) in [7, 11) is 0. The summed E-state index contributed by atoms with van der Waals surface area (Å²) in [5.74, 6) is 1.18. The number of imidazole rings is 1. The van der Waals surface area contributed by atoms with Crippen LogP contribution in [0.25, 0.3) is 0 Å². The van der Waals surface area contributed by atoms with Gasteiger partial charge >= 0.3 is 0 Å². The molecule has 6 heteroatoms. The minimum absolute atomic E-state index is 0.0594. The van der Waals surface area contributed by atoms with Crippen LogP contribution in [0.15, 0.2) is 61.2 Å². The number of hydrogen-bond acceptors (Lipinski definition) is 3. The molecule has 0 unspecified atom stereocenters. The monoisotopic (exact) mass is 378 g/mol. The van der Waals surface area contributed by atoms with Gasteiger partial charge in [-0.25, -0.2) is 9.37 Å². The normalized spacial score (nSPS) is 15.0. The van der Waals surface area contributed by atoms with Crippen molar-refractivity contribution >= 4 is 5.91 Å². The Morgan fingerprint density at radius 1 is 1.07 bits per heavy atom. The quantitative estimate of drug-likeness (QED) is 0.684. The van der Waals surface area contributed by atoms with E-state index in [0.717, 1.165) is 30.8 Å².